The van der Waals surface area contributed by atoms with Crippen LogP contribution in [-0.4, -0.2) is 54.2 Å². The van der Waals surface area contributed by atoms with Crippen molar-refractivity contribution >= 4 is 5.97 Å². The predicted octanol–water partition coefficient (Wildman–Crippen LogP) is 4.16. The van der Waals surface area contributed by atoms with E-state index in [-0.39, 0.29) is 6.61 Å². The zero-order valence-electron chi connectivity index (χ0n) is 21.2. The molecule has 2 saturated heterocycles. The highest BCUT2D eigenvalue weighted by atomic mass is 16.8. The number of carbonyl (C=O) groups is 1. The number of carbonyl (C=O) groups excluding carboxylic acids is 1. The second kappa shape index (κ2) is 10.4. The lowest BCUT2D eigenvalue weighted by atomic mass is 9.80. The zero-order valence-corrected chi connectivity index (χ0v) is 21.2. The van der Waals surface area contributed by atoms with Gasteiger partial charge >= 0.3 is 5.97 Å². The highest BCUT2D eigenvalue weighted by Crippen LogP contribution is 2.42. The minimum Gasteiger partial charge on any atom is -0.457 e. The Morgan fingerprint density at radius 2 is 1.38 bits per heavy atom. The molecule has 0 bridgehead atoms. The summed E-state index contributed by atoms with van der Waals surface area (Å²) >= 11 is 0. The Balaban J connectivity index is 1.48. The fourth-order valence-corrected chi connectivity index (χ4v) is 5.21. The van der Waals surface area contributed by atoms with E-state index in [4.69, 9.17) is 23.7 Å². The molecular weight excluding hydrogens is 472 g/mol. The number of aliphatic hydroxyl groups is 1. The molecule has 5 atom stereocenters. The average molecular weight is 505 g/mol. The molecule has 0 aromatic heterocycles. The van der Waals surface area contributed by atoms with Gasteiger partial charge in [0.25, 0.3) is 0 Å². The van der Waals surface area contributed by atoms with Gasteiger partial charge in [-0.3, -0.25) is 4.79 Å². The third-order valence-corrected chi connectivity index (χ3v) is 6.72. The van der Waals surface area contributed by atoms with Crippen LogP contribution in [0.15, 0.2) is 91.0 Å². The van der Waals surface area contributed by atoms with Crippen LogP contribution in [-0.2, 0) is 34.1 Å². The van der Waals surface area contributed by atoms with Gasteiger partial charge in [0.15, 0.2) is 24.3 Å². The summed E-state index contributed by atoms with van der Waals surface area (Å²) in [5.41, 5.74) is 1.72. The van der Waals surface area contributed by atoms with Gasteiger partial charge < -0.3 is 28.8 Å². The normalized spacial score (nSPS) is 25.4. The Kier molecular flexibility index (Phi) is 7.16. The summed E-state index contributed by atoms with van der Waals surface area (Å²) in [4.78, 5) is 11.9. The Labute approximate surface area is 216 Å². The van der Waals surface area contributed by atoms with Crippen LogP contribution in [0.3, 0.4) is 0 Å². The number of fused-ring (bicyclic) bond motifs is 1. The minimum atomic E-state index is -1.14. The monoisotopic (exact) mass is 504 g/mol. The number of hydrogen-bond acceptors (Lipinski definition) is 7. The van der Waals surface area contributed by atoms with E-state index < -0.39 is 48.1 Å². The van der Waals surface area contributed by atoms with E-state index in [0.29, 0.717) is 0 Å². The van der Waals surface area contributed by atoms with Crippen molar-refractivity contribution in [3.05, 3.63) is 108 Å². The van der Waals surface area contributed by atoms with E-state index in [0.717, 1.165) is 16.7 Å². The first-order valence-electron chi connectivity index (χ1n) is 12.5. The van der Waals surface area contributed by atoms with Crippen molar-refractivity contribution in [2.45, 2.75) is 62.9 Å². The highest BCUT2D eigenvalue weighted by molar-refractivity contribution is 5.66. The highest BCUT2D eigenvalue weighted by Gasteiger charge is 2.58. The van der Waals surface area contributed by atoms with Crippen molar-refractivity contribution in [3.63, 3.8) is 0 Å². The Morgan fingerprint density at radius 1 is 0.892 bits per heavy atom. The average Bonchev–Trinajstić information content (AvgIpc) is 3.38. The van der Waals surface area contributed by atoms with Gasteiger partial charge in [-0.05, 0) is 30.5 Å². The maximum absolute atomic E-state index is 11.9. The lowest BCUT2D eigenvalue weighted by Gasteiger charge is -2.37. The Bertz CT molecular complexity index is 1090. The molecule has 7 heteroatoms. The second-order valence-electron chi connectivity index (χ2n) is 9.80. The topological polar surface area (TPSA) is 83.5 Å². The molecule has 0 spiro atoms. The number of rotatable bonds is 8. The van der Waals surface area contributed by atoms with Gasteiger partial charge in [0.2, 0.25) is 0 Å². The number of esters is 1. The third-order valence-electron chi connectivity index (χ3n) is 6.72. The number of benzene rings is 3. The molecule has 194 valence electrons. The molecule has 0 aliphatic carbocycles. The number of hydrogen-bond donors (Lipinski definition) is 1. The van der Waals surface area contributed by atoms with E-state index in [2.05, 4.69) is 0 Å². The zero-order chi connectivity index (χ0) is 26.0. The first kappa shape index (κ1) is 25.6. The van der Waals surface area contributed by atoms with E-state index in [9.17, 15) is 9.90 Å². The molecule has 2 aliphatic rings. The molecule has 0 radical (unpaired) electrons. The molecule has 1 N–H and O–H groups in total. The van der Waals surface area contributed by atoms with Crippen LogP contribution in [0.1, 0.15) is 37.5 Å². The van der Waals surface area contributed by atoms with Crippen LogP contribution < -0.4 is 0 Å². The molecule has 2 fully saturated rings. The lowest BCUT2D eigenvalue weighted by Crippen LogP contribution is -2.46. The van der Waals surface area contributed by atoms with E-state index in [1.54, 1.807) is 13.8 Å². The fraction of sp³-hybridized carbons (Fsp3) is 0.367. The SMILES string of the molecule is CC(=O)O[C@H]1C2OC(C)(C)O[C@H]2O[C@H]1C(O)COC(c1ccccc1)(c1ccccc1)c1ccccc1. The molecule has 2 unspecified atom stereocenters. The first-order valence-corrected chi connectivity index (χ1v) is 12.5. The van der Waals surface area contributed by atoms with E-state index in [1.165, 1.54) is 6.92 Å². The van der Waals surface area contributed by atoms with Crippen molar-refractivity contribution in [1.82, 2.24) is 0 Å². The fourth-order valence-electron chi connectivity index (χ4n) is 5.21. The molecule has 0 saturated carbocycles. The van der Waals surface area contributed by atoms with Crippen LogP contribution in [0.5, 0.6) is 0 Å². The smallest absolute Gasteiger partial charge is 0.303 e. The maximum atomic E-state index is 11.9. The van der Waals surface area contributed by atoms with E-state index >= 15 is 0 Å². The van der Waals surface area contributed by atoms with Gasteiger partial charge in [0.05, 0.1) is 6.61 Å². The Hall–Kier alpha value is -3.07. The van der Waals surface area contributed by atoms with Gasteiger partial charge in [0.1, 0.15) is 17.8 Å². The largest absolute Gasteiger partial charge is 0.457 e. The third kappa shape index (κ3) is 5.06. The van der Waals surface area contributed by atoms with Gasteiger partial charge in [-0.2, -0.15) is 0 Å². The molecule has 0 amide bonds. The molecule has 3 aromatic carbocycles. The quantitative estimate of drug-likeness (QED) is 0.364. The van der Waals surface area contributed by atoms with Gasteiger partial charge in [-0.25, -0.2) is 0 Å². The van der Waals surface area contributed by atoms with Crippen LogP contribution >= 0.6 is 0 Å². The summed E-state index contributed by atoms with van der Waals surface area (Å²) in [7, 11) is 0. The summed E-state index contributed by atoms with van der Waals surface area (Å²) in [6.45, 7) is 4.74. The van der Waals surface area contributed by atoms with Crippen LogP contribution in [0, 0.1) is 0 Å². The molecule has 5 rings (SSSR count). The molecule has 2 heterocycles. The van der Waals surface area contributed by atoms with E-state index in [1.807, 2.05) is 91.0 Å². The van der Waals surface area contributed by atoms with Gasteiger partial charge in [-0.1, -0.05) is 91.0 Å². The van der Waals surface area contributed by atoms with Crippen molar-refractivity contribution < 1.29 is 33.6 Å². The number of ether oxygens (including phenoxy) is 5. The summed E-state index contributed by atoms with van der Waals surface area (Å²) in [5, 5.41) is 11.4. The van der Waals surface area contributed by atoms with Crippen molar-refractivity contribution in [3.8, 4) is 0 Å². The summed E-state index contributed by atoms with van der Waals surface area (Å²) in [6, 6.07) is 29.7. The van der Waals surface area contributed by atoms with Gasteiger partial charge in [0, 0.05) is 6.92 Å². The summed E-state index contributed by atoms with van der Waals surface area (Å²) in [5.74, 6) is -1.38. The summed E-state index contributed by atoms with van der Waals surface area (Å²) in [6.07, 6.45) is -4.29. The Morgan fingerprint density at radius 3 is 1.84 bits per heavy atom. The van der Waals surface area contributed by atoms with Gasteiger partial charge in [-0.15, -0.1) is 0 Å². The predicted molar refractivity (Wildman–Crippen MR) is 135 cm³/mol. The number of aliphatic hydroxyl groups excluding tert-OH is 1. The maximum Gasteiger partial charge on any atom is 0.303 e. The molecular formula is C30H32O7. The van der Waals surface area contributed by atoms with Crippen LogP contribution in [0.2, 0.25) is 0 Å². The molecule has 2 aliphatic heterocycles. The minimum absolute atomic E-state index is 0.107. The molecule has 7 nitrogen and oxygen atoms in total. The first-order chi connectivity index (χ1) is 17.8. The lowest BCUT2D eigenvalue weighted by molar-refractivity contribution is -0.233. The van der Waals surface area contributed by atoms with Crippen LogP contribution in [0.4, 0.5) is 0 Å². The molecule has 37 heavy (non-hydrogen) atoms. The summed E-state index contributed by atoms with van der Waals surface area (Å²) < 4.78 is 30.1. The second-order valence-corrected chi connectivity index (χ2v) is 9.80. The molecule has 3 aromatic rings. The van der Waals surface area contributed by atoms with Crippen molar-refractivity contribution in [2.24, 2.45) is 0 Å². The van der Waals surface area contributed by atoms with Crippen molar-refractivity contribution in [1.29, 1.82) is 0 Å². The standard InChI is InChI=1S/C30H32O7/c1-20(31)34-26-25(35-28-27(26)36-29(2,3)37-28)24(32)19-33-30(21-13-7-4-8-14-21,22-15-9-5-10-16-22)23-17-11-6-12-18-23/h4-18,24-28,32H,19H2,1-3H3/t24?,25-,26+,27?,28+/m0/s1. The van der Waals surface area contributed by atoms with Crippen molar-refractivity contribution in [2.75, 3.05) is 6.61 Å². The van der Waals surface area contributed by atoms with Crippen LogP contribution in [0.25, 0.3) is 0 Å².